The molecule has 0 radical (unpaired) electrons. The van der Waals surface area contributed by atoms with Gasteiger partial charge in [-0.1, -0.05) is 0 Å². The zero-order valence-electron chi connectivity index (χ0n) is 11.0. The van der Waals surface area contributed by atoms with Gasteiger partial charge in [-0.25, -0.2) is 4.79 Å². The molecule has 18 heavy (non-hydrogen) atoms. The van der Waals surface area contributed by atoms with Gasteiger partial charge in [0.05, 0.1) is 12.5 Å². The Kier molecular flexibility index (Phi) is 5.40. The number of aliphatic hydroxyl groups excluding tert-OH is 1. The van der Waals surface area contributed by atoms with E-state index in [4.69, 9.17) is 10.2 Å². The van der Waals surface area contributed by atoms with Gasteiger partial charge in [-0.15, -0.1) is 0 Å². The Bertz CT molecular complexity index is 306. The van der Waals surface area contributed by atoms with Crippen LogP contribution in [0.5, 0.6) is 0 Å². The molecule has 0 aromatic carbocycles. The summed E-state index contributed by atoms with van der Waals surface area (Å²) in [5.41, 5.74) is 0. The van der Waals surface area contributed by atoms with Crippen molar-refractivity contribution in [2.24, 2.45) is 5.92 Å². The molecule has 1 atom stereocenters. The smallest absolute Gasteiger partial charge is 0.320 e. The molecule has 104 valence electrons. The third-order valence-electron chi connectivity index (χ3n) is 3.25. The average molecular weight is 258 g/mol. The normalized spacial score (nSPS) is 20.0. The number of carboxylic acids is 1. The molecule has 2 N–H and O–H groups in total. The molecule has 1 heterocycles. The third-order valence-corrected chi connectivity index (χ3v) is 3.25. The van der Waals surface area contributed by atoms with Crippen LogP contribution < -0.4 is 0 Å². The van der Waals surface area contributed by atoms with Gasteiger partial charge in [0, 0.05) is 25.7 Å². The standard InChI is InChI=1S/C12H22N2O4/c1-9(2)14(6-7-15)12(18)13-5-3-4-10(8-13)11(16)17/h9-10,15H,3-8H2,1-2H3,(H,16,17). The predicted molar refractivity (Wildman–Crippen MR) is 66.3 cm³/mol. The van der Waals surface area contributed by atoms with E-state index in [2.05, 4.69) is 0 Å². The molecule has 0 saturated carbocycles. The van der Waals surface area contributed by atoms with Gasteiger partial charge >= 0.3 is 12.0 Å². The molecule has 0 aromatic heterocycles. The molecule has 6 nitrogen and oxygen atoms in total. The highest BCUT2D eigenvalue weighted by atomic mass is 16.4. The van der Waals surface area contributed by atoms with E-state index in [0.717, 1.165) is 0 Å². The maximum Gasteiger partial charge on any atom is 0.320 e. The summed E-state index contributed by atoms with van der Waals surface area (Å²) in [6.45, 7) is 4.82. The minimum absolute atomic E-state index is 0.00476. The molecule has 1 fully saturated rings. The summed E-state index contributed by atoms with van der Waals surface area (Å²) in [7, 11) is 0. The molecule has 1 aliphatic heterocycles. The lowest BCUT2D eigenvalue weighted by Crippen LogP contribution is -2.51. The largest absolute Gasteiger partial charge is 0.481 e. The highest BCUT2D eigenvalue weighted by Gasteiger charge is 2.31. The summed E-state index contributed by atoms with van der Waals surface area (Å²) in [4.78, 5) is 26.4. The summed E-state index contributed by atoms with van der Waals surface area (Å²) in [5.74, 6) is -1.31. The number of hydrogen-bond acceptors (Lipinski definition) is 3. The van der Waals surface area contributed by atoms with Crippen molar-refractivity contribution in [2.75, 3.05) is 26.2 Å². The topological polar surface area (TPSA) is 81.1 Å². The van der Waals surface area contributed by atoms with Crippen molar-refractivity contribution in [3.05, 3.63) is 0 Å². The second-order valence-electron chi connectivity index (χ2n) is 4.92. The van der Waals surface area contributed by atoms with Crippen LogP contribution in [-0.4, -0.2) is 64.3 Å². The number of urea groups is 1. The molecule has 0 aliphatic carbocycles. The first-order chi connectivity index (χ1) is 8.47. The lowest BCUT2D eigenvalue weighted by Gasteiger charge is -2.36. The molecule has 0 spiro atoms. The Morgan fingerprint density at radius 2 is 2.11 bits per heavy atom. The van der Waals surface area contributed by atoms with E-state index >= 15 is 0 Å². The first-order valence-corrected chi connectivity index (χ1v) is 6.36. The van der Waals surface area contributed by atoms with E-state index in [1.807, 2.05) is 13.8 Å². The lowest BCUT2D eigenvalue weighted by atomic mass is 9.98. The van der Waals surface area contributed by atoms with Gasteiger partial charge in [-0.2, -0.15) is 0 Å². The molecular formula is C12H22N2O4. The molecule has 6 heteroatoms. The Hall–Kier alpha value is -1.30. The van der Waals surface area contributed by atoms with Gasteiger partial charge in [0.15, 0.2) is 0 Å². The summed E-state index contributed by atoms with van der Waals surface area (Å²) < 4.78 is 0. The summed E-state index contributed by atoms with van der Waals surface area (Å²) >= 11 is 0. The Morgan fingerprint density at radius 1 is 1.44 bits per heavy atom. The fourth-order valence-electron chi connectivity index (χ4n) is 2.22. The SMILES string of the molecule is CC(C)N(CCO)C(=O)N1CCCC(C(=O)O)C1. The van der Waals surface area contributed by atoms with Crippen LogP contribution in [0.1, 0.15) is 26.7 Å². The van der Waals surface area contributed by atoms with E-state index < -0.39 is 11.9 Å². The number of amides is 2. The third kappa shape index (κ3) is 3.60. The zero-order valence-corrected chi connectivity index (χ0v) is 11.0. The van der Waals surface area contributed by atoms with Crippen LogP contribution in [0, 0.1) is 5.92 Å². The number of nitrogens with zero attached hydrogens (tertiary/aromatic N) is 2. The fraction of sp³-hybridized carbons (Fsp3) is 0.833. The van der Waals surface area contributed by atoms with Gasteiger partial charge in [-0.05, 0) is 26.7 Å². The van der Waals surface area contributed by atoms with E-state index in [1.54, 1.807) is 9.80 Å². The highest BCUT2D eigenvalue weighted by molar-refractivity contribution is 5.77. The maximum atomic E-state index is 12.2. The molecule has 1 rings (SSSR count). The molecule has 1 aliphatic rings. The molecule has 0 aromatic rings. The quantitative estimate of drug-likeness (QED) is 0.774. The van der Waals surface area contributed by atoms with Gasteiger partial charge < -0.3 is 20.0 Å². The first-order valence-electron chi connectivity index (χ1n) is 6.36. The zero-order chi connectivity index (χ0) is 13.7. The van der Waals surface area contributed by atoms with Crippen LogP contribution in [0.25, 0.3) is 0 Å². The van der Waals surface area contributed by atoms with Crippen LogP contribution >= 0.6 is 0 Å². The highest BCUT2D eigenvalue weighted by Crippen LogP contribution is 2.18. The molecular weight excluding hydrogens is 236 g/mol. The minimum atomic E-state index is -0.842. The van der Waals surface area contributed by atoms with E-state index in [9.17, 15) is 9.59 Å². The van der Waals surface area contributed by atoms with Gasteiger partial charge in [0.25, 0.3) is 0 Å². The van der Waals surface area contributed by atoms with Crippen LogP contribution in [0.4, 0.5) is 4.79 Å². The van der Waals surface area contributed by atoms with Crippen LogP contribution in [0.15, 0.2) is 0 Å². The van der Waals surface area contributed by atoms with Crippen molar-refractivity contribution >= 4 is 12.0 Å². The van der Waals surface area contributed by atoms with Crippen LogP contribution in [0.2, 0.25) is 0 Å². The van der Waals surface area contributed by atoms with Crippen molar-refractivity contribution in [3.63, 3.8) is 0 Å². The van der Waals surface area contributed by atoms with E-state index in [-0.39, 0.29) is 31.8 Å². The van der Waals surface area contributed by atoms with Crippen LogP contribution in [0.3, 0.4) is 0 Å². The van der Waals surface area contributed by atoms with Crippen molar-refractivity contribution < 1.29 is 19.8 Å². The summed E-state index contributed by atoms with van der Waals surface area (Å²) in [5, 5.41) is 18.0. The number of aliphatic hydroxyl groups is 1. The van der Waals surface area contributed by atoms with Gasteiger partial charge in [0.2, 0.25) is 0 Å². The second-order valence-corrected chi connectivity index (χ2v) is 4.92. The molecule has 0 bridgehead atoms. The average Bonchev–Trinajstić information content (AvgIpc) is 2.35. The van der Waals surface area contributed by atoms with Crippen molar-refractivity contribution in [2.45, 2.75) is 32.7 Å². The Morgan fingerprint density at radius 3 is 2.61 bits per heavy atom. The van der Waals surface area contributed by atoms with Gasteiger partial charge in [0.1, 0.15) is 0 Å². The van der Waals surface area contributed by atoms with Crippen molar-refractivity contribution in [1.82, 2.24) is 9.80 Å². The van der Waals surface area contributed by atoms with Crippen LogP contribution in [-0.2, 0) is 4.79 Å². The van der Waals surface area contributed by atoms with Crippen molar-refractivity contribution in [1.29, 1.82) is 0 Å². The summed E-state index contributed by atoms with van der Waals surface area (Å²) in [6.07, 6.45) is 1.34. The van der Waals surface area contributed by atoms with Gasteiger partial charge in [-0.3, -0.25) is 4.79 Å². The first kappa shape index (κ1) is 14.8. The number of carbonyl (C=O) groups excluding carboxylic acids is 1. The predicted octanol–water partition coefficient (Wildman–Crippen LogP) is 0.606. The number of piperidine rings is 1. The van der Waals surface area contributed by atoms with Crippen molar-refractivity contribution in [3.8, 4) is 0 Å². The van der Waals surface area contributed by atoms with E-state index in [0.29, 0.717) is 19.4 Å². The summed E-state index contributed by atoms with van der Waals surface area (Å²) in [6, 6.07) is -0.181. The Balaban J connectivity index is 2.66. The molecule has 1 unspecified atom stereocenters. The van der Waals surface area contributed by atoms with E-state index in [1.165, 1.54) is 0 Å². The molecule has 1 saturated heterocycles. The number of likely N-dealkylation sites (tertiary alicyclic amines) is 1. The number of carboxylic acid groups (broad SMARTS) is 1. The number of aliphatic carboxylic acids is 1. The maximum absolute atomic E-state index is 12.2. The number of carbonyl (C=O) groups is 2. The fourth-order valence-corrected chi connectivity index (χ4v) is 2.22. The number of hydrogen-bond donors (Lipinski definition) is 2. The molecule has 2 amide bonds. The minimum Gasteiger partial charge on any atom is -0.481 e. The second kappa shape index (κ2) is 6.58. The lowest BCUT2D eigenvalue weighted by molar-refractivity contribution is -0.143. The monoisotopic (exact) mass is 258 g/mol. The Labute approximate surface area is 107 Å². The number of rotatable bonds is 4.